The predicted octanol–water partition coefficient (Wildman–Crippen LogP) is 2.99. The van der Waals surface area contributed by atoms with Crippen molar-refractivity contribution in [2.75, 3.05) is 11.4 Å². The second kappa shape index (κ2) is 7.51. The molecule has 2 saturated carbocycles. The molecule has 1 aliphatic heterocycles. The predicted molar refractivity (Wildman–Crippen MR) is 111 cm³/mol. The van der Waals surface area contributed by atoms with Crippen LogP contribution >= 0.6 is 0 Å². The number of nitrogens with two attached hydrogens (primary N) is 1. The Hall–Kier alpha value is -1.88. The van der Waals surface area contributed by atoms with Crippen LogP contribution in [0.2, 0.25) is 0 Å². The number of hydrogen-bond acceptors (Lipinski definition) is 3. The molecule has 2 bridgehead atoms. The van der Waals surface area contributed by atoms with Crippen LogP contribution in [0.5, 0.6) is 0 Å². The summed E-state index contributed by atoms with van der Waals surface area (Å²) in [5, 5.41) is 3.34. The fraction of sp³-hybridized carbons (Fsp3) is 0.652. The lowest BCUT2D eigenvalue weighted by Crippen LogP contribution is -2.54. The highest BCUT2D eigenvalue weighted by molar-refractivity contribution is 6.01. The van der Waals surface area contributed by atoms with Gasteiger partial charge in [-0.2, -0.15) is 0 Å². The fourth-order valence-electron chi connectivity index (χ4n) is 6.00. The van der Waals surface area contributed by atoms with E-state index in [1.165, 1.54) is 12.0 Å². The lowest BCUT2D eigenvalue weighted by molar-refractivity contribution is -0.128. The smallest absolute Gasteiger partial charge is 0.227 e. The Kier molecular flexibility index (Phi) is 5.21. The SMILES string of the molecule is Cc1cc(C)c(N2CC(C(=O)NC3C4CCCC3CC(N)C4)CC2=O)c(C)c1. The molecule has 5 heteroatoms. The van der Waals surface area contributed by atoms with Gasteiger partial charge in [0.25, 0.3) is 0 Å². The monoisotopic (exact) mass is 383 g/mol. The summed E-state index contributed by atoms with van der Waals surface area (Å²) in [4.78, 5) is 27.6. The molecule has 2 amide bonds. The molecule has 0 aromatic heterocycles. The number of fused-ring (bicyclic) bond motifs is 2. The van der Waals surface area contributed by atoms with Crippen molar-refractivity contribution in [3.8, 4) is 0 Å². The van der Waals surface area contributed by atoms with E-state index in [0.29, 0.717) is 24.8 Å². The number of amides is 2. The molecule has 3 atom stereocenters. The van der Waals surface area contributed by atoms with Crippen molar-refractivity contribution in [3.63, 3.8) is 0 Å². The van der Waals surface area contributed by atoms with E-state index < -0.39 is 0 Å². The molecule has 28 heavy (non-hydrogen) atoms. The van der Waals surface area contributed by atoms with Gasteiger partial charge in [-0.05, 0) is 69.4 Å². The number of carbonyl (C=O) groups excluding carboxylic acids is 2. The first-order chi connectivity index (χ1) is 13.3. The maximum atomic E-state index is 13.1. The second-order valence-corrected chi connectivity index (χ2v) is 9.37. The van der Waals surface area contributed by atoms with Gasteiger partial charge in [-0.25, -0.2) is 0 Å². The zero-order chi connectivity index (χ0) is 20.0. The molecule has 152 valence electrons. The zero-order valence-electron chi connectivity index (χ0n) is 17.3. The highest BCUT2D eigenvalue weighted by Crippen LogP contribution is 2.40. The average molecular weight is 384 g/mol. The van der Waals surface area contributed by atoms with Crippen molar-refractivity contribution in [1.82, 2.24) is 5.32 Å². The fourth-order valence-corrected chi connectivity index (χ4v) is 6.00. The normalized spacial score (nSPS) is 32.5. The molecule has 1 aromatic rings. The van der Waals surface area contributed by atoms with Crippen molar-refractivity contribution in [1.29, 1.82) is 0 Å². The van der Waals surface area contributed by atoms with Crippen LogP contribution in [0.1, 0.15) is 55.2 Å². The summed E-state index contributed by atoms with van der Waals surface area (Å²) in [6.45, 7) is 6.64. The number of benzene rings is 1. The van der Waals surface area contributed by atoms with Crippen molar-refractivity contribution in [2.24, 2.45) is 23.5 Å². The third-order valence-corrected chi connectivity index (χ3v) is 7.09. The molecular weight excluding hydrogens is 350 g/mol. The van der Waals surface area contributed by atoms with Gasteiger partial charge in [0.2, 0.25) is 11.8 Å². The van der Waals surface area contributed by atoms with Gasteiger partial charge in [0.15, 0.2) is 0 Å². The summed E-state index contributed by atoms with van der Waals surface area (Å²) in [5.41, 5.74) is 10.6. The van der Waals surface area contributed by atoms with E-state index in [4.69, 9.17) is 5.73 Å². The molecule has 4 rings (SSSR count). The average Bonchev–Trinajstić information content (AvgIpc) is 2.96. The maximum absolute atomic E-state index is 13.1. The molecule has 3 fully saturated rings. The first-order valence-corrected chi connectivity index (χ1v) is 10.8. The highest BCUT2D eigenvalue weighted by Gasteiger charge is 2.42. The Balaban J connectivity index is 1.46. The molecule has 3 N–H and O–H groups in total. The molecule has 0 radical (unpaired) electrons. The van der Waals surface area contributed by atoms with E-state index >= 15 is 0 Å². The van der Waals surface area contributed by atoms with Gasteiger partial charge in [-0.3, -0.25) is 9.59 Å². The van der Waals surface area contributed by atoms with Gasteiger partial charge in [0.1, 0.15) is 0 Å². The molecule has 3 unspecified atom stereocenters. The van der Waals surface area contributed by atoms with Gasteiger partial charge < -0.3 is 16.0 Å². The summed E-state index contributed by atoms with van der Waals surface area (Å²) in [6.07, 6.45) is 5.90. The van der Waals surface area contributed by atoms with Crippen LogP contribution in [-0.4, -0.2) is 30.4 Å². The second-order valence-electron chi connectivity index (χ2n) is 9.37. The van der Waals surface area contributed by atoms with E-state index in [0.717, 1.165) is 42.5 Å². The number of anilines is 1. The van der Waals surface area contributed by atoms with Crippen molar-refractivity contribution < 1.29 is 9.59 Å². The lowest BCUT2D eigenvalue weighted by atomic mass is 9.67. The van der Waals surface area contributed by atoms with Crippen molar-refractivity contribution in [3.05, 3.63) is 28.8 Å². The quantitative estimate of drug-likeness (QED) is 0.842. The first-order valence-electron chi connectivity index (χ1n) is 10.8. The minimum atomic E-state index is -0.260. The number of hydrogen-bond donors (Lipinski definition) is 2. The summed E-state index contributed by atoms with van der Waals surface area (Å²) in [5.74, 6) is 0.850. The largest absolute Gasteiger partial charge is 0.353 e. The van der Waals surface area contributed by atoms with E-state index in [1.54, 1.807) is 0 Å². The standard InChI is InChI=1S/C23H33N3O2/c1-13-7-14(2)22(15(3)8-13)26-12-18(11-20(26)27)23(28)25-21-16-5-4-6-17(21)10-19(24)9-16/h7-8,16-19,21H,4-6,9-12,24H2,1-3H3,(H,25,28). The van der Waals surface area contributed by atoms with E-state index in [9.17, 15) is 9.59 Å². The van der Waals surface area contributed by atoms with Crippen LogP contribution < -0.4 is 16.0 Å². The number of rotatable bonds is 3. The Bertz CT molecular complexity index is 753. The van der Waals surface area contributed by atoms with Gasteiger partial charge >= 0.3 is 0 Å². The van der Waals surface area contributed by atoms with Crippen LogP contribution in [0.3, 0.4) is 0 Å². The summed E-state index contributed by atoms with van der Waals surface area (Å²) >= 11 is 0. The highest BCUT2D eigenvalue weighted by atomic mass is 16.2. The Morgan fingerprint density at radius 2 is 1.71 bits per heavy atom. The molecular formula is C23H33N3O2. The molecule has 1 aromatic carbocycles. The number of aryl methyl sites for hydroxylation is 3. The maximum Gasteiger partial charge on any atom is 0.227 e. The van der Waals surface area contributed by atoms with Crippen molar-refractivity contribution >= 4 is 17.5 Å². The zero-order valence-corrected chi connectivity index (χ0v) is 17.3. The Morgan fingerprint density at radius 1 is 1.11 bits per heavy atom. The number of nitrogens with zero attached hydrogens (tertiary/aromatic N) is 1. The number of nitrogens with one attached hydrogen (secondary N) is 1. The van der Waals surface area contributed by atoms with Gasteiger partial charge in [0, 0.05) is 30.7 Å². The van der Waals surface area contributed by atoms with Gasteiger partial charge in [-0.1, -0.05) is 24.1 Å². The molecule has 2 aliphatic carbocycles. The van der Waals surface area contributed by atoms with Crippen LogP contribution in [-0.2, 0) is 9.59 Å². The van der Waals surface area contributed by atoms with Crippen LogP contribution in [0.4, 0.5) is 5.69 Å². The van der Waals surface area contributed by atoms with Gasteiger partial charge in [0.05, 0.1) is 5.92 Å². The Labute approximate surface area is 168 Å². The summed E-state index contributed by atoms with van der Waals surface area (Å²) in [7, 11) is 0. The third kappa shape index (κ3) is 3.57. The van der Waals surface area contributed by atoms with Crippen LogP contribution in [0.25, 0.3) is 0 Å². The third-order valence-electron chi connectivity index (χ3n) is 7.09. The molecule has 1 heterocycles. The van der Waals surface area contributed by atoms with E-state index in [2.05, 4.69) is 24.4 Å². The van der Waals surface area contributed by atoms with Crippen LogP contribution in [0.15, 0.2) is 12.1 Å². The molecule has 0 spiro atoms. The van der Waals surface area contributed by atoms with E-state index in [-0.39, 0.29) is 29.8 Å². The minimum absolute atomic E-state index is 0.0515. The molecule has 3 aliphatic rings. The first kappa shape index (κ1) is 19.4. The van der Waals surface area contributed by atoms with Crippen LogP contribution in [0, 0.1) is 38.5 Å². The Morgan fingerprint density at radius 3 is 2.32 bits per heavy atom. The van der Waals surface area contributed by atoms with E-state index in [1.807, 2.05) is 18.7 Å². The molecule has 5 nitrogen and oxygen atoms in total. The van der Waals surface area contributed by atoms with Crippen molar-refractivity contribution in [2.45, 2.75) is 71.4 Å². The lowest BCUT2D eigenvalue weighted by Gasteiger charge is -2.45. The minimum Gasteiger partial charge on any atom is -0.353 e. The summed E-state index contributed by atoms with van der Waals surface area (Å²) < 4.78 is 0. The number of carbonyl (C=O) groups is 2. The summed E-state index contributed by atoms with van der Waals surface area (Å²) in [6, 6.07) is 4.73. The topological polar surface area (TPSA) is 75.4 Å². The molecule has 1 saturated heterocycles. The van der Waals surface area contributed by atoms with Gasteiger partial charge in [-0.15, -0.1) is 0 Å².